The number of nitrogens with zero attached hydrogens (tertiary/aromatic N) is 2. The quantitative estimate of drug-likeness (QED) is 0.275. The first-order valence-electron chi connectivity index (χ1n) is 11.2. The highest BCUT2D eigenvalue weighted by molar-refractivity contribution is 6.46. The Kier molecular flexibility index (Phi) is 7.83. The third-order valence-corrected chi connectivity index (χ3v) is 6.18. The van der Waals surface area contributed by atoms with E-state index in [0.29, 0.717) is 23.2 Å². The van der Waals surface area contributed by atoms with E-state index in [1.54, 1.807) is 19.1 Å². The van der Waals surface area contributed by atoms with Crippen molar-refractivity contribution in [3.63, 3.8) is 0 Å². The molecule has 1 atom stereocenters. The molecule has 0 aliphatic carbocycles. The number of aliphatic hydroxyl groups is 1. The lowest BCUT2D eigenvalue weighted by Gasteiger charge is -2.28. The van der Waals surface area contributed by atoms with Gasteiger partial charge in [-0.15, -0.1) is 0 Å². The maximum Gasteiger partial charge on any atom is 0.337 e. The molecule has 2 aromatic carbocycles. The third-order valence-electron chi connectivity index (χ3n) is 6.18. The van der Waals surface area contributed by atoms with Crippen molar-refractivity contribution < 1.29 is 28.6 Å². The molecule has 1 aliphatic heterocycles. The summed E-state index contributed by atoms with van der Waals surface area (Å²) in [6.45, 7) is 7.96. The van der Waals surface area contributed by atoms with Crippen molar-refractivity contribution in [3.8, 4) is 0 Å². The Bertz CT molecular complexity index is 1120. The maximum atomic E-state index is 14.2. The van der Waals surface area contributed by atoms with Gasteiger partial charge in [0.2, 0.25) is 0 Å². The molecule has 0 saturated carbocycles. The number of carbonyl (C=O) groups is 3. The smallest absolute Gasteiger partial charge is 0.337 e. The molecule has 180 valence electrons. The minimum atomic E-state index is -0.883. The number of hydrogen-bond donors (Lipinski definition) is 1. The Hall–Kier alpha value is -3.52. The number of rotatable bonds is 8. The number of carbonyl (C=O) groups excluding carboxylic acids is 3. The van der Waals surface area contributed by atoms with Crippen LogP contribution in [0, 0.1) is 12.7 Å². The van der Waals surface area contributed by atoms with Crippen LogP contribution < -0.4 is 0 Å². The van der Waals surface area contributed by atoms with Crippen LogP contribution >= 0.6 is 0 Å². The van der Waals surface area contributed by atoms with Gasteiger partial charge in [0, 0.05) is 18.7 Å². The number of aliphatic hydroxyl groups excluding tert-OH is 1. The fourth-order valence-electron chi connectivity index (χ4n) is 4.06. The molecule has 3 rings (SSSR count). The average Bonchev–Trinajstić information content (AvgIpc) is 3.10. The van der Waals surface area contributed by atoms with Gasteiger partial charge in [-0.05, 0) is 49.3 Å². The molecule has 1 saturated heterocycles. The van der Waals surface area contributed by atoms with Gasteiger partial charge in [-0.1, -0.05) is 38.1 Å². The number of amides is 1. The molecule has 2 aromatic rings. The second-order valence-corrected chi connectivity index (χ2v) is 8.10. The molecule has 0 aromatic heterocycles. The second-order valence-electron chi connectivity index (χ2n) is 8.10. The predicted octanol–water partition coefficient (Wildman–Crippen LogP) is 3.68. The fourth-order valence-corrected chi connectivity index (χ4v) is 4.06. The van der Waals surface area contributed by atoms with E-state index in [1.165, 1.54) is 36.3 Å². The molecule has 0 spiro atoms. The molecule has 34 heavy (non-hydrogen) atoms. The zero-order chi connectivity index (χ0) is 25.0. The number of aryl methyl sites for hydroxylation is 1. The summed E-state index contributed by atoms with van der Waals surface area (Å²) in [5, 5.41) is 11.1. The summed E-state index contributed by atoms with van der Waals surface area (Å²) >= 11 is 0. The van der Waals surface area contributed by atoms with E-state index in [1.807, 2.05) is 13.8 Å². The average molecular weight is 469 g/mol. The lowest BCUT2D eigenvalue weighted by Crippen LogP contribution is -2.38. The standard InChI is InChI=1S/C26H29FN2O5/c1-5-28(6-2)13-14-29-22(17-9-11-18(12-10-17)26(33)34-4)21(24(31)25(29)32)23(30)19-8-7-16(3)20(27)15-19/h7-12,15,22,30H,5-6,13-14H2,1-4H3/b23-21+. The van der Waals surface area contributed by atoms with E-state index in [2.05, 4.69) is 4.90 Å². The Balaban J connectivity index is 2.11. The van der Waals surface area contributed by atoms with Gasteiger partial charge in [0.05, 0.1) is 24.3 Å². The molecule has 0 radical (unpaired) electrons. The van der Waals surface area contributed by atoms with Gasteiger partial charge in [0.25, 0.3) is 11.7 Å². The summed E-state index contributed by atoms with van der Waals surface area (Å²) in [5.74, 6) is -3.05. The third kappa shape index (κ3) is 4.87. The zero-order valence-corrected chi connectivity index (χ0v) is 19.8. The molecule has 1 unspecified atom stereocenters. The highest BCUT2D eigenvalue weighted by atomic mass is 19.1. The number of Topliss-reactive ketones (excluding diaryl/α,β-unsaturated/α-hetero) is 1. The molecule has 1 fully saturated rings. The van der Waals surface area contributed by atoms with Crippen molar-refractivity contribution in [3.05, 3.63) is 76.1 Å². The van der Waals surface area contributed by atoms with Gasteiger partial charge in [-0.2, -0.15) is 0 Å². The van der Waals surface area contributed by atoms with E-state index in [0.717, 1.165) is 19.2 Å². The van der Waals surface area contributed by atoms with Crippen molar-refractivity contribution in [2.24, 2.45) is 0 Å². The Morgan fingerprint density at radius 2 is 1.71 bits per heavy atom. The van der Waals surface area contributed by atoms with Crippen LogP contribution in [0.1, 0.15) is 46.9 Å². The molecule has 8 heteroatoms. The van der Waals surface area contributed by atoms with Crippen molar-refractivity contribution in [2.75, 3.05) is 33.3 Å². The lowest BCUT2D eigenvalue weighted by molar-refractivity contribution is -0.140. The zero-order valence-electron chi connectivity index (χ0n) is 19.8. The number of methoxy groups -OCH3 is 1. The largest absolute Gasteiger partial charge is 0.507 e. The Morgan fingerprint density at radius 1 is 1.09 bits per heavy atom. The van der Waals surface area contributed by atoms with Gasteiger partial charge in [0.1, 0.15) is 11.6 Å². The van der Waals surface area contributed by atoms with Crippen molar-refractivity contribution in [1.29, 1.82) is 0 Å². The number of likely N-dealkylation sites (tertiary alicyclic amines) is 1. The van der Waals surface area contributed by atoms with E-state index in [-0.39, 0.29) is 17.7 Å². The van der Waals surface area contributed by atoms with Gasteiger partial charge in [-0.25, -0.2) is 9.18 Å². The van der Waals surface area contributed by atoms with E-state index < -0.39 is 35.3 Å². The number of benzene rings is 2. The van der Waals surface area contributed by atoms with Gasteiger partial charge in [0.15, 0.2) is 0 Å². The number of ketones is 1. The molecule has 1 aliphatic rings. The number of hydrogen-bond acceptors (Lipinski definition) is 6. The van der Waals surface area contributed by atoms with E-state index in [4.69, 9.17) is 4.74 Å². The molecular weight excluding hydrogens is 439 g/mol. The number of ether oxygens (including phenoxy) is 1. The summed E-state index contributed by atoms with van der Waals surface area (Å²) in [7, 11) is 1.28. The molecule has 7 nitrogen and oxygen atoms in total. The molecule has 1 amide bonds. The summed E-state index contributed by atoms with van der Waals surface area (Å²) in [4.78, 5) is 41.5. The highest BCUT2D eigenvalue weighted by Gasteiger charge is 2.46. The summed E-state index contributed by atoms with van der Waals surface area (Å²) < 4.78 is 18.9. The molecule has 1 heterocycles. The molecular formula is C26H29FN2O5. The van der Waals surface area contributed by atoms with Gasteiger partial charge < -0.3 is 19.6 Å². The van der Waals surface area contributed by atoms with Crippen molar-refractivity contribution in [2.45, 2.75) is 26.8 Å². The van der Waals surface area contributed by atoms with E-state index >= 15 is 0 Å². The fraction of sp³-hybridized carbons (Fsp3) is 0.346. The van der Waals surface area contributed by atoms with Crippen LogP contribution in [-0.4, -0.2) is 65.9 Å². The number of likely N-dealkylation sites (N-methyl/N-ethyl adjacent to an activating group) is 1. The molecule has 0 bridgehead atoms. The van der Waals surface area contributed by atoms with Crippen LogP contribution in [0.2, 0.25) is 0 Å². The van der Waals surface area contributed by atoms with Gasteiger partial charge >= 0.3 is 5.97 Å². The first kappa shape index (κ1) is 25.1. The SMILES string of the molecule is CCN(CC)CCN1C(=O)C(=O)/C(=C(/O)c2ccc(C)c(F)c2)C1c1ccc(C(=O)OC)cc1. The minimum absolute atomic E-state index is 0.112. The van der Waals surface area contributed by atoms with E-state index in [9.17, 15) is 23.9 Å². The van der Waals surface area contributed by atoms with Crippen LogP contribution in [0.3, 0.4) is 0 Å². The number of halogens is 1. The predicted molar refractivity (Wildman–Crippen MR) is 126 cm³/mol. The normalized spacial score (nSPS) is 17.5. The monoisotopic (exact) mass is 468 g/mol. The highest BCUT2D eigenvalue weighted by Crippen LogP contribution is 2.39. The van der Waals surface area contributed by atoms with Crippen molar-refractivity contribution >= 4 is 23.4 Å². The second kappa shape index (κ2) is 10.6. The molecule has 1 N–H and O–H groups in total. The first-order chi connectivity index (χ1) is 16.2. The van der Waals surface area contributed by atoms with Crippen LogP contribution in [-0.2, 0) is 14.3 Å². The minimum Gasteiger partial charge on any atom is -0.507 e. The van der Waals surface area contributed by atoms with Crippen molar-refractivity contribution in [1.82, 2.24) is 9.80 Å². The van der Waals surface area contributed by atoms with Gasteiger partial charge in [-0.3, -0.25) is 9.59 Å². The maximum absolute atomic E-state index is 14.2. The summed E-state index contributed by atoms with van der Waals surface area (Å²) in [6.07, 6.45) is 0. The lowest BCUT2D eigenvalue weighted by atomic mass is 9.94. The number of esters is 1. The summed E-state index contributed by atoms with van der Waals surface area (Å²) in [6, 6.07) is 9.59. The topological polar surface area (TPSA) is 87.2 Å². The first-order valence-corrected chi connectivity index (χ1v) is 11.2. The Labute approximate surface area is 198 Å². The summed E-state index contributed by atoms with van der Waals surface area (Å²) in [5.41, 5.74) is 1.25. The van der Waals surface area contributed by atoms with Crippen LogP contribution in [0.15, 0.2) is 48.0 Å². The van der Waals surface area contributed by atoms with Crippen LogP contribution in [0.4, 0.5) is 4.39 Å². The van der Waals surface area contributed by atoms with Crippen LogP contribution in [0.25, 0.3) is 5.76 Å². The van der Waals surface area contributed by atoms with Crippen LogP contribution in [0.5, 0.6) is 0 Å². The Morgan fingerprint density at radius 3 is 2.26 bits per heavy atom.